The highest BCUT2D eigenvalue weighted by Crippen LogP contribution is 2.38. The Morgan fingerprint density at radius 3 is 2.38 bits per heavy atom. The summed E-state index contributed by atoms with van der Waals surface area (Å²) >= 11 is 6.47. The number of fused-ring (bicyclic) bond motifs is 1. The molecule has 0 saturated heterocycles. The average Bonchev–Trinajstić information content (AvgIpc) is 2.73. The van der Waals surface area contributed by atoms with Crippen molar-refractivity contribution in [3.05, 3.63) is 22.2 Å². The van der Waals surface area contributed by atoms with Gasteiger partial charge in [0, 0.05) is 17.2 Å². The van der Waals surface area contributed by atoms with Crippen LogP contribution in [-0.2, 0) is 12.8 Å². The van der Waals surface area contributed by atoms with Crippen molar-refractivity contribution in [2.45, 2.75) is 77.6 Å². The Kier molecular flexibility index (Phi) is 4.83. The average molecular weight is 307 g/mol. The molecule has 0 spiro atoms. The van der Waals surface area contributed by atoms with E-state index in [0.29, 0.717) is 5.92 Å². The summed E-state index contributed by atoms with van der Waals surface area (Å²) in [5, 5.41) is 0.739. The smallest absolute Gasteiger partial charge is 0.136 e. The third kappa shape index (κ3) is 3.41. The lowest BCUT2D eigenvalue weighted by Gasteiger charge is -2.30. The summed E-state index contributed by atoms with van der Waals surface area (Å²) < 4.78 is 0. The molecule has 1 saturated carbocycles. The molecule has 2 aliphatic carbocycles. The molecule has 0 amide bonds. The molecule has 116 valence electrons. The van der Waals surface area contributed by atoms with E-state index < -0.39 is 0 Å². The molecule has 3 heteroatoms. The molecule has 3 rings (SSSR count). The molecule has 1 aromatic heterocycles. The monoisotopic (exact) mass is 306 g/mol. The second-order valence-corrected chi connectivity index (χ2v) is 7.57. The second kappa shape index (κ2) is 6.64. The maximum atomic E-state index is 6.47. The topological polar surface area (TPSA) is 25.8 Å². The van der Waals surface area contributed by atoms with Crippen molar-refractivity contribution in [1.82, 2.24) is 9.97 Å². The first kappa shape index (κ1) is 15.3. The van der Waals surface area contributed by atoms with E-state index in [1.165, 1.54) is 56.2 Å². The van der Waals surface area contributed by atoms with Gasteiger partial charge in [0.25, 0.3) is 0 Å². The highest BCUT2D eigenvalue weighted by Gasteiger charge is 2.27. The summed E-state index contributed by atoms with van der Waals surface area (Å²) in [6.45, 7) is 4.70. The van der Waals surface area contributed by atoms with Crippen molar-refractivity contribution in [1.29, 1.82) is 0 Å². The predicted molar refractivity (Wildman–Crippen MR) is 87.8 cm³/mol. The number of nitrogens with zero attached hydrogens (tertiary/aromatic N) is 2. The number of rotatable bonds is 2. The molecular weight excluding hydrogens is 280 g/mol. The molecule has 1 fully saturated rings. The Morgan fingerprint density at radius 1 is 0.952 bits per heavy atom. The fraction of sp³-hybridized carbons (Fsp3) is 0.778. The van der Waals surface area contributed by atoms with Crippen molar-refractivity contribution < 1.29 is 0 Å². The van der Waals surface area contributed by atoms with Crippen LogP contribution in [0.2, 0.25) is 5.15 Å². The lowest BCUT2D eigenvalue weighted by molar-refractivity contribution is 0.254. The fourth-order valence-electron chi connectivity index (χ4n) is 3.97. The van der Waals surface area contributed by atoms with E-state index in [9.17, 15) is 0 Å². The Balaban J connectivity index is 1.77. The maximum absolute atomic E-state index is 6.47. The third-order valence-corrected chi connectivity index (χ3v) is 5.79. The number of aromatic nitrogens is 2. The van der Waals surface area contributed by atoms with Crippen LogP contribution in [0.3, 0.4) is 0 Å². The fourth-order valence-corrected chi connectivity index (χ4v) is 4.26. The molecule has 0 radical (unpaired) electrons. The minimum atomic E-state index is 0.533. The van der Waals surface area contributed by atoms with Crippen LogP contribution >= 0.6 is 11.6 Å². The Morgan fingerprint density at radius 2 is 1.67 bits per heavy atom. The summed E-state index contributed by atoms with van der Waals surface area (Å²) in [6.07, 6.45) is 11.0. The first-order chi connectivity index (χ1) is 10.1. The van der Waals surface area contributed by atoms with E-state index in [-0.39, 0.29) is 0 Å². The normalized spacial score (nSPS) is 26.5. The van der Waals surface area contributed by atoms with Gasteiger partial charge in [0.2, 0.25) is 0 Å². The number of hydrogen-bond donors (Lipinski definition) is 0. The van der Waals surface area contributed by atoms with Crippen LogP contribution in [0.25, 0.3) is 0 Å². The van der Waals surface area contributed by atoms with Gasteiger partial charge in [-0.25, -0.2) is 9.97 Å². The molecule has 0 aliphatic heterocycles. The molecular formula is C18H27ClN2. The van der Waals surface area contributed by atoms with E-state index in [1.54, 1.807) is 0 Å². The molecule has 21 heavy (non-hydrogen) atoms. The molecule has 1 heterocycles. The number of halogens is 1. The minimum Gasteiger partial charge on any atom is -0.237 e. The largest absolute Gasteiger partial charge is 0.237 e. The van der Waals surface area contributed by atoms with Gasteiger partial charge in [-0.2, -0.15) is 0 Å². The highest BCUT2D eigenvalue weighted by molar-refractivity contribution is 6.30. The zero-order chi connectivity index (χ0) is 14.8. The van der Waals surface area contributed by atoms with Gasteiger partial charge in [0.1, 0.15) is 11.0 Å². The SMILES string of the molecule is CC(C)C1CCC(c2nc(Cl)c3c(n2)CCCCC3)CC1. The minimum absolute atomic E-state index is 0.533. The number of hydrogen-bond acceptors (Lipinski definition) is 2. The van der Waals surface area contributed by atoms with E-state index in [2.05, 4.69) is 18.8 Å². The van der Waals surface area contributed by atoms with Gasteiger partial charge in [-0.15, -0.1) is 0 Å². The van der Waals surface area contributed by atoms with E-state index in [4.69, 9.17) is 16.6 Å². The van der Waals surface area contributed by atoms with Crippen LogP contribution in [0.4, 0.5) is 0 Å². The quantitative estimate of drug-likeness (QED) is 0.545. The van der Waals surface area contributed by atoms with E-state index >= 15 is 0 Å². The molecule has 2 aliphatic rings. The number of aryl methyl sites for hydroxylation is 1. The van der Waals surface area contributed by atoms with Crippen LogP contribution in [-0.4, -0.2) is 9.97 Å². The van der Waals surface area contributed by atoms with Crippen molar-refractivity contribution in [2.75, 3.05) is 0 Å². The van der Waals surface area contributed by atoms with Gasteiger partial charge in [-0.3, -0.25) is 0 Å². The van der Waals surface area contributed by atoms with Gasteiger partial charge < -0.3 is 0 Å². The second-order valence-electron chi connectivity index (χ2n) is 7.21. The Labute approximate surface area is 133 Å². The van der Waals surface area contributed by atoms with Crippen LogP contribution in [0, 0.1) is 11.8 Å². The molecule has 0 aromatic carbocycles. The third-order valence-electron chi connectivity index (χ3n) is 5.48. The first-order valence-corrected chi connectivity index (χ1v) is 9.08. The summed E-state index contributed by atoms with van der Waals surface area (Å²) in [5.41, 5.74) is 2.47. The summed E-state index contributed by atoms with van der Waals surface area (Å²) in [6, 6.07) is 0. The van der Waals surface area contributed by atoms with E-state index in [1.807, 2.05) is 0 Å². The van der Waals surface area contributed by atoms with Crippen LogP contribution in [0.1, 0.15) is 81.8 Å². The van der Waals surface area contributed by atoms with Crippen molar-refractivity contribution in [3.8, 4) is 0 Å². The van der Waals surface area contributed by atoms with Crippen LogP contribution in [0.5, 0.6) is 0 Å². The van der Waals surface area contributed by atoms with Gasteiger partial charge in [-0.1, -0.05) is 31.9 Å². The molecule has 0 bridgehead atoms. The molecule has 0 atom stereocenters. The van der Waals surface area contributed by atoms with Gasteiger partial charge in [0.15, 0.2) is 0 Å². The Hall–Kier alpha value is -0.630. The lowest BCUT2D eigenvalue weighted by atomic mass is 9.76. The Bertz CT molecular complexity index is 490. The van der Waals surface area contributed by atoms with Crippen LogP contribution < -0.4 is 0 Å². The van der Waals surface area contributed by atoms with Gasteiger partial charge in [0.05, 0.1) is 0 Å². The molecule has 0 unspecified atom stereocenters. The highest BCUT2D eigenvalue weighted by atomic mass is 35.5. The predicted octanol–water partition coefficient (Wildman–Crippen LogP) is 5.33. The summed E-state index contributed by atoms with van der Waals surface area (Å²) in [5.74, 6) is 3.26. The summed E-state index contributed by atoms with van der Waals surface area (Å²) in [7, 11) is 0. The molecule has 1 aromatic rings. The molecule has 0 N–H and O–H groups in total. The van der Waals surface area contributed by atoms with Crippen LogP contribution in [0.15, 0.2) is 0 Å². The van der Waals surface area contributed by atoms with Gasteiger partial charge >= 0.3 is 0 Å². The molecule has 2 nitrogen and oxygen atoms in total. The van der Waals surface area contributed by atoms with Crippen molar-refractivity contribution >= 4 is 11.6 Å². The zero-order valence-corrected chi connectivity index (χ0v) is 14.1. The summed E-state index contributed by atoms with van der Waals surface area (Å²) in [4.78, 5) is 9.61. The van der Waals surface area contributed by atoms with E-state index in [0.717, 1.165) is 35.7 Å². The standard InChI is InChI=1S/C18H27ClN2/c1-12(2)13-8-10-14(11-9-13)18-20-16-7-5-3-4-6-15(16)17(19)21-18/h12-14H,3-11H2,1-2H3. The van der Waals surface area contributed by atoms with Gasteiger partial charge in [-0.05, 0) is 63.2 Å². The first-order valence-electron chi connectivity index (χ1n) is 8.70. The zero-order valence-electron chi connectivity index (χ0n) is 13.4. The van der Waals surface area contributed by atoms with Crippen molar-refractivity contribution in [3.63, 3.8) is 0 Å². The lowest BCUT2D eigenvalue weighted by Crippen LogP contribution is -2.19. The van der Waals surface area contributed by atoms with Crippen molar-refractivity contribution in [2.24, 2.45) is 11.8 Å². The maximum Gasteiger partial charge on any atom is 0.136 e.